The lowest BCUT2D eigenvalue weighted by molar-refractivity contribution is -0.142. The number of rotatable bonds is 5. The lowest BCUT2D eigenvalue weighted by Crippen LogP contribution is -2.32. The fourth-order valence-corrected chi connectivity index (χ4v) is 4.75. The van der Waals surface area contributed by atoms with E-state index in [9.17, 15) is 19.2 Å². The number of thioether (sulfide) groups is 1. The van der Waals surface area contributed by atoms with E-state index in [1.807, 2.05) is 0 Å². The van der Waals surface area contributed by atoms with E-state index in [4.69, 9.17) is 27.9 Å². The quantitative estimate of drug-likeness (QED) is 0.477. The molecular formula is C20H19Cl2NO5S. The average Bonchev–Trinajstić information content (AvgIpc) is 2.93. The second-order valence-electron chi connectivity index (χ2n) is 6.69. The van der Waals surface area contributed by atoms with Gasteiger partial charge in [0.15, 0.2) is 0 Å². The Morgan fingerprint density at radius 2 is 1.69 bits per heavy atom. The minimum absolute atomic E-state index is 0.0673. The molecule has 0 saturated carbocycles. The predicted molar refractivity (Wildman–Crippen MR) is 112 cm³/mol. The van der Waals surface area contributed by atoms with Crippen molar-refractivity contribution in [3.63, 3.8) is 0 Å². The minimum Gasteiger partial charge on any atom is -0.465 e. The third-order valence-electron chi connectivity index (χ3n) is 4.79. The summed E-state index contributed by atoms with van der Waals surface area (Å²) >= 11 is 13.2. The number of carbonyl (C=O) groups excluding carboxylic acids is 4. The Balaban J connectivity index is 1.91. The Morgan fingerprint density at radius 1 is 1.10 bits per heavy atom. The number of esters is 1. The van der Waals surface area contributed by atoms with Gasteiger partial charge in [-0.25, -0.2) is 4.90 Å². The van der Waals surface area contributed by atoms with Crippen LogP contribution in [0.15, 0.2) is 23.3 Å². The van der Waals surface area contributed by atoms with Gasteiger partial charge in [-0.2, -0.15) is 0 Å². The number of hydrogen-bond donors (Lipinski definition) is 0. The molecule has 1 aromatic carbocycles. The van der Waals surface area contributed by atoms with E-state index in [-0.39, 0.29) is 27.9 Å². The number of halogens is 2. The number of carbonyl (C=O) groups is 4. The van der Waals surface area contributed by atoms with Crippen LogP contribution in [-0.4, -0.2) is 34.8 Å². The van der Waals surface area contributed by atoms with Gasteiger partial charge in [0.05, 0.1) is 22.3 Å². The van der Waals surface area contributed by atoms with Crippen LogP contribution >= 0.6 is 35.0 Å². The Hall–Kier alpha value is -1.83. The van der Waals surface area contributed by atoms with Crippen molar-refractivity contribution in [2.24, 2.45) is 0 Å². The van der Waals surface area contributed by atoms with Gasteiger partial charge in [-0.15, -0.1) is 0 Å². The monoisotopic (exact) mass is 455 g/mol. The third kappa shape index (κ3) is 4.22. The highest BCUT2D eigenvalue weighted by molar-refractivity contribution is 8.15. The molecule has 0 radical (unpaired) electrons. The van der Waals surface area contributed by atoms with Gasteiger partial charge in [0, 0.05) is 16.7 Å². The first-order valence-corrected chi connectivity index (χ1v) is 10.9. The second kappa shape index (κ2) is 8.90. The summed E-state index contributed by atoms with van der Waals surface area (Å²) in [6, 6.07) is 2.67. The molecule has 154 valence electrons. The molecule has 0 unspecified atom stereocenters. The van der Waals surface area contributed by atoms with Crippen molar-refractivity contribution in [2.45, 2.75) is 44.8 Å². The van der Waals surface area contributed by atoms with Gasteiger partial charge < -0.3 is 4.74 Å². The molecule has 1 aromatic rings. The van der Waals surface area contributed by atoms with Crippen molar-refractivity contribution >= 4 is 63.6 Å². The Kier molecular flexibility index (Phi) is 6.71. The van der Waals surface area contributed by atoms with E-state index < -0.39 is 28.1 Å². The fourth-order valence-electron chi connectivity index (χ4n) is 3.36. The molecule has 3 rings (SSSR count). The summed E-state index contributed by atoms with van der Waals surface area (Å²) in [5, 5.41) is -1.05. The zero-order valence-electron chi connectivity index (χ0n) is 15.9. The average molecular weight is 456 g/mol. The zero-order chi connectivity index (χ0) is 21.3. The van der Waals surface area contributed by atoms with E-state index in [1.54, 1.807) is 13.8 Å². The molecule has 2 amide bonds. The summed E-state index contributed by atoms with van der Waals surface area (Å²) in [4.78, 5) is 51.2. The summed E-state index contributed by atoms with van der Waals surface area (Å²) in [5.74, 6) is -1.32. The van der Waals surface area contributed by atoms with Gasteiger partial charge in [0.25, 0.3) is 11.8 Å². The molecule has 1 aliphatic heterocycles. The van der Waals surface area contributed by atoms with E-state index in [0.717, 1.165) is 29.5 Å². The smallest absolute Gasteiger partial charge is 0.319 e. The van der Waals surface area contributed by atoms with Crippen molar-refractivity contribution < 1.29 is 23.9 Å². The molecule has 29 heavy (non-hydrogen) atoms. The summed E-state index contributed by atoms with van der Waals surface area (Å²) in [6.45, 7) is 3.44. The molecule has 1 heterocycles. The van der Waals surface area contributed by atoms with Crippen molar-refractivity contribution in [3.05, 3.63) is 38.9 Å². The van der Waals surface area contributed by atoms with E-state index in [1.165, 1.54) is 12.1 Å². The van der Waals surface area contributed by atoms with Gasteiger partial charge in [-0.05, 0) is 51.7 Å². The second-order valence-corrected chi connectivity index (χ2v) is 8.82. The highest BCUT2D eigenvalue weighted by atomic mass is 35.5. The summed E-state index contributed by atoms with van der Waals surface area (Å²) in [5.41, 5.74) is 1.22. The molecule has 0 saturated heterocycles. The van der Waals surface area contributed by atoms with E-state index in [2.05, 4.69) is 0 Å². The number of imide groups is 1. The highest BCUT2D eigenvalue weighted by Crippen LogP contribution is 2.40. The first kappa shape index (κ1) is 21.9. The van der Waals surface area contributed by atoms with E-state index >= 15 is 0 Å². The lowest BCUT2D eigenvalue weighted by atomic mass is 9.93. The summed E-state index contributed by atoms with van der Waals surface area (Å²) in [6.07, 6.45) is 2.82. The lowest BCUT2D eigenvalue weighted by Gasteiger charge is -2.18. The van der Waals surface area contributed by atoms with Gasteiger partial charge in [0.2, 0.25) is 5.12 Å². The Labute approximate surface area is 182 Å². The van der Waals surface area contributed by atoms with Crippen LogP contribution < -0.4 is 4.90 Å². The van der Waals surface area contributed by atoms with Gasteiger partial charge in [-0.1, -0.05) is 35.0 Å². The van der Waals surface area contributed by atoms with Crippen LogP contribution in [0.2, 0.25) is 10.0 Å². The third-order valence-corrected chi connectivity index (χ3v) is 6.39. The zero-order valence-corrected chi connectivity index (χ0v) is 18.2. The number of hydrogen-bond acceptors (Lipinski definition) is 6. The number of nitrogens with zero attached hydrogens (tertiary/aromatic N) is 1. The summed E-state index contributed by atoms with van der Waals surface area (Å²) in [7, 11) is 0. The topological polar surface area (TPSA) is 80.8 Å². The number of amides is 2. The number of benzene rings is 1. The van der Waals surface area contributed by atoms with Crippen LogP contribution in [0.3, 0.4) is 0 Å². The molecule has 9 heteroatoms. The molecule has 0 bridgehead atoms. The van der Waals surface area contributed by atoms with Crippen molar-refractivity contribution in [1.29, 1.82) is 0 Å². The highest BCUT2D eigenvalue weighted by Gasteiger charge is 2.41. The van der Waals surface area contributed by atoms with Crippen LogP contribution in [-0.2, 0) is 19.1 Å². The SMILES string of the molecule is CCOC(=O)[C@H](C)SC(=O)c1cc(N2C(=O)C3=C(CCCC3)C2=O)c(Cl)cc1Cl. The van der Waals surface area contributed by atoms with Crippen molar-refractivity contribution in [3.8, 4) is 0 Å². The maximum Gasteiger partial charge on any atom is 0.319 e. The minimum atomic E-state index is -0.735. The summed E-state index contributed by atoms with van der Waals surface area (Å²) < 4.78 is 4.91. The molecule has 1 atom stereocenters. The predicted octanol–water partition coefficient (Wildman–Crippen LogP) is 4.56. The van der Waals surface area contributed by atoms with Gasteiger partial charge in [-0.3, -0.25) is 19.2 Å². The first-order valence-electron chi connectivity index (χ1n) is 9.23. The van der Waals surface area contributed by atoms with Crippen LogP contribution in [0.5, 0.6) is 0 Å². The Morgan fingerprint density at radius 3 is 2.24 bits per heavy atom. The molecule has 2 aliphatic rings. The molecule has 0 N–H and O–H groups in total. The Bertz CT molecular complexity index is 915. The van der Waals surface area contributed by atoms with E-state index in [0.29, 0.717) is 24.0 Å². The number of ether oxygens (including phenoxy) is 1. The standard InChI is InChI=1S/C20H19Cl2NO5S/c1-3-28-19(26)10(2)29-20(27)13-8-16(15(22)9-14(13)21)23-17(24)11-6-4-5-7-12(11)18(23)25/h8-10H,3-7H2,1-2H3/t10-/m0/s1. The van der Waals surface area contributed by atoms with Crippen molar-refractivity contribution in [2.75, 3.05) is 11.5 Å². The number of anilines is 1. The van der Waals surface area contributed by atoms with Gasteiger partial charge in [0.1, 0.15) is 5.25 Å². The van der Waals surface area contributed by atoms with Crippen LogP contribution in [0.4, 0.5) is 5.69 Å². The van der Waals surface area contributed by atoms with Crippen LogP contribution in [0.1, 0.15) is 49.9 Å². The van der Waals surface area contributed by atoms with Gasteiger partial charge >= 0.3 is 5.97 Å². The molecule has 0 fully saturated rings. The molecular weight excluding hydrogens is 437 g/mol. The maximum absolute atomic E-state index is 12.8. The normalized spacial score (nSPS) is 17.4. The molecule has 6 nitrogen and oxygen atoms in total. The molecule has 1 aliphatic carbocycles. The fraction of sp³-hybridized carbons (Fsp3) is 0.400. The molecule has 0 spiro atoms. The first-order chi connectivity index (χ1) is 13.8. The van der Waals surface area contributed by atoms with Crippen molar-refractivity contribution in [1.82, 2.24) is 0 Å². The maximum atomic E-state index is 12.8. The largest absolute Gasteiger partial charge is 0.465 e. The van der Waals surface area contributed by atoms with Crippen LogP contribution in [0.25, 0.3) is 0 Å². The molecule has 0 aromatic heterocycles. The van der Waals surface area contributed by atoms with Crippen LogP contribution in [0, 0.1) is 0 Å².